The minimum Gasteiger partial charge on any atom is -0.444 e. The van der Waals surface area contributed by atoms with Crippen molar-refractivity contribution in [2.45, 2.75) is 85.0 Å². The number of carbonyl (C=O) groups is 3. The SMILES string of the molecule is CC(C)(C)OC(=O)N1CCN(Cc2ccc(N3CCCC3)cc2Cl)CC1.CC(C)(C)OC(=O)N1CCNCC1.O=Cc1ccc(N2CCCC2)cc1Cl. The number of hydrogen-bond acceptors (Lipinski definition) is 9. The standard InChI is InChI=1S/C20H30ClN3O2.C11H12ClNO.C9H18N2O2/c1-20(2,3)26-19(25)24-12-10-22(11-13-24)15-16-6-7-17(14-18(16)21)23-8-4-5-9-23;12-11-7-10(4-3-9(11)8-14)13-5-1-2-6-13;1-9(2,3)13-8(12)11-6-4-10-5-7-11/h6-7,14H,4-5,8-13,15H2,1-3H3;3-4,7-8H,1-2,5-6H2;10H,4-7H2,1-3H3. The fourth-order valence-corrected chi connectivity index (χ4v) is 6.90. The molecule has 2 aromatic rings. The van der Waals surface area contributed by atoms with Gasteiger partial charge in [-0.2, -0.15) is 0 Å². The van der Waals surface area contributed by atoms with E-state index in [9.17, 15) is 14.4 Å². The number of halogens is 2. The Labute approximate surface area is 326 Å². The van der Waals surface area contributed by atoms with E-state index in [-0.39, 0.29) is 17.8 Å². The van der Waals surface area contributed by atoms with Gasteiger partial charge >= 0.3 is 12.2 Å². The van der Waals surface area contributed by atoms with Gasteiger partial charge in [0.1, 0.15) is 11.2 Å². The van der Waals surface area contributed by atoms with Crippen molar-refractivity contribution in [3.63, 3.8) is 0 Å². The van der Waals surface area contributed by atoms with Gasteiger partial charge in [0.25, 0.3) is 0 Å². The Hall–Kier alpha value is -3.25. The van der Waals surface area contributed by atoms with Crippen LogP contribution < -0.4 is 15.1 Å². The van der Waals surface area contributed by atoms with Crippen LogP contribution in [0.3, 0.4) is 0 Å². The predicted octanol–water partition coefficient (Wildman–Crippen LogP) is 7.57. The Morgan fingerprint density at radius 3 is 1.55 bits per heavy atom. The predicted molar refractivity (Wildman–Crippen MR) is 215 cm³/mol. The summed E-state index contributed by atoms with van der Waals surface area (Å²) in [6.45, 7) is 22.9. The van der Waals surface area contributed by atoms with Gasteiger partial charge in [-0.05, 0) is 103 Å². The quantitative estimate of drug-likeness (QED) is 0.309. The van der Waals surface area contributed by atoms with Crippen molar-refractivity contribution in [3.05, 3.63) is 57.6 Å². The molecule has 13 heteroatoms. The van der Waals surface area contributed by atoms with Gasteiger partial charge < -0.3 is 34.4 Å². The summed E-state index contributed by atoms with van der Waals surface area (Å²) in [5.41, 5.74) is 3.24. The van der Waals surface area contributed by atoms with Gasteiger partial charge in [0.15, 0.2) is 6.29 Å². The summed E-state index contributed by atoms with van der Waals surface area (Å²) < 4.78 is 10.7. The van der Waals surface area contributed by atoms with Gasteiger partial charge in [-0.25, -0.2) is 9.59 Å². The maximum Gasteiger partial charge on any atom is 0.410 e. The first-order valence-electron chi connectivity index (χ1n) is 19.0. The molecule has 4 saturated heterocycles. The molecule has 1 N–H and O–H groups in total. The Bertz CT molecular complexity index is 1490. The molecule has 0 saturated carbocycles. The molecule has 2 aromatic carbocycles. The summed E-state index contributed by atoms with van der Waals surface area (Å²) in [6, 6.07) is 12.0. The second-order valence-corrected chi connectivity index (χ2v) is 16.8. The molecule has 0 spiro atoms. The van der Waals surface area contributed by atoms with Crippen LogP contribution in [0.4, 0.5) is 21.0 Å². The molecular weight excluding hydrogens is 715 g/mol. The van der Waals surface area contributed by atoms with Gasteiger partial charge in [0, 0.05) is 107 Å². The van der Waals surface area contributed by atoms with Gasteiger partial charge in [-0.15, -0.1) is 0 Å². The van der Waals surface area contributed by atoms with Gasteiger partial charge in [-0.3, -0.25) is 9.69 Å². The topological polar surface area (TPSA) is 97.9 Å². The molecule has 0 aliphatic carbocycles. The lowest BCUT2D eigenvalue weighted by Gasteiger charge is -2.35. The Morgan fingerprint density at radius 1 is 0.660 bits per heavy atom. The van der Waals surface area contributed by atoms with Crippen LogP contribution in [0, 0.1) is 0 Å². The first-order valence-corrected chi connectivity index (χ1v) is 19.8. The summed E-state index contributed by atoms with van der Waals surface area (Å²) in [6.07, 6.45) is 5.39. The van der Waals surface area contributed by atoms with Crippen LogP contribution >= 0.6 is 23.2 Å². The second kappa shape index (κ2) is 19.9. The first-order chi connectivity index (χ1) is 25.1. The van der Waals surface area contributed by atoms with Crippen LogP contribution in [0.1, 0.15) is 83.1 Å². The molecule has 0 aromatic heterocycles. The van der Waals surface area contributed by atoms with Crippen LogP contribution in [-0.2, 0) is 16.0 Å². The summed E-state index contributed by atoms with van der Waals surface area (Å²) >= 11 is 12.5. The highest BCUT2D eigenvalue weighted by Gasteiger charge is 2.26. The van der Waals surface area contributed by atoms with E-state index in [0.29, 0.717) is 23.7 Å². The average Bonchev–Trinajstić information content (AvgIpc) is 3.85. The van der Waals surface area contributed by atoms with Crippen molar-refractivity contribution in [3.8, 4) is 0 Å². The number of carbonyl (C=O) groups excluding carboxylic acids is 3. The largest absolute Gasteiger partial charge is 0.444 e. The number of rotatable bonds is 5. The summed E-state index contributed by atoms with van der Waals surface area (Å²) in [7, 11) is 0. The molecule has 6 rings (SSSR count). The monoisotopic (exact) mass is 774 g/mol. The zero-order chi connectivity index (χ0) is 38.6. The third kappa shape index (κ3) is 14.2. The molecule has 294 valence electrons. The Morgan fingerprint density at radius 2 is 1.11 bits per heavy atom. The number of piperazine rings is 2. The normalized spacial score (nSPS) is 18.1. The molecule has 0 unspecified atom stereocenters. The van der Waals surface area contributed by atoms with Gasteiger partial charge in [0.05, 0.1) is 5.02 Å². The summed E-state index contributed by atoms with van der Waals surface area (Å²) in [5.74, 6) is 0. The van der Waals surface area contributed by atoms with E-state index in [1.807, 2.05) is 53.7 Å². The zero-order valence-electron chi connectivity index (χ0n) is 32.6. The number of hydrogen-bond donors (Lipinski definition) is 1. The lowest BCUT2D eigenvalue weighted by molar-refractivity contribution is 0.0138. The van der Waals surface area contributed by atoms with E-state index in [2.05, 4.69) is 38.2 Å². The molecule has 2 amide bonds. The van der Waals surface area contributed by atoms with E-state index in [0.717, 1.165) is 94.6 Å². The Kier molecular flexibility index (Phi) is 15.9. The Balaban J connectivity index is 0.000000196. The molecule has 4 heterocycles. The number of anilines is 2. The average molecular weight is 776 g/mol. The maximum atomic E-state index is 12.2. The van der Waals surface area contributed by atoms with Crippen LogP contribution in [0.5, 0.6) is 0 Å². The second-order valence-electron chi connectivity index (χ2n) is 15.9. The lowest BCUT2D eigenvalue weighted by Crippen LogP contribution is -2.49. The van der Waals surface area contributed by atoms with E-state index in [1.165, 1.54) is 31.4 Å². The maximum absolute atomic E-state index is 12.2. The minimum absolute atomic E-state index is 0.200. The number of amides is 2. The van der Waals surface area contributed by atoms with E-state index in [1.54, 1.807) is 15.9 Å². The van der Waals surface area contributed by atoms with Crippen molar-refractivity contribution in [2.24, 2.45) is 0 Å². The minimum atomic E-state index is -0.446. The number of nitrogens with zero attached hydrogens (tertiary/aromatic N) is 5. The number of ether oxygens (including phenoxy) is 2. The molecule has 4 fully saturated rings. The highest BCUT2D eigenvalue weighted by molar-refractivity contribution is 6.33. The number of nitrogens with one attached hydrogen (secondary N) is 1. The third-order valence-corrected chi connectivity index (χ3v) is 9.96. The van der Waals surface area contributed by atoms with E-state index < -0.39 is 5.60 Å². The summed E-state index contributed by atoms with van der Waals surface area (Å²) in [5, 5.41) is 4.57. The highest BCUT2D eigenvalue weighted by Crippen LogP contribution is 2.28. The molecule has 0 bridgehead atoms. The number of benzene rings is 2. The highest BCUT2D eigenvalue weighted by atomic mass is 35.5. The van der Waals surface area contributed by atoms with Crippen LogP contribution in [-0.4, -0.2) is 123 Å². The molecule has 11 nitrogen and oxygen atoms in total. The molecule has 53 heavy (non-hydrogen) atoms. The fraction of sp³-hybridized carbons (Fsp3) is 0.625. The molecule has 4 aliphatic heterocycles. The van der Waals surface area contributed by atoms with Crippen molar-refractivity contribution >= 4 is 53.0 Å². The van der Waals surface area contributed by atoms with Crippen LogP contribution in [0.25, 0.3) is 0 Å². The molecular formula is C40H60Cl2N6O5. The molecule has 0 radical (unpaired) electrons. The van der Waals surface area contributed by atoms with Crippen molar-refractivity contribution in [2.75, 3.05) is 88.3 Å². The molecule has 4 aliphatic rings. The smallest absolute Gasteiger partial charge is 0.410 e. The number of aldehydes is 1. The van der Waals surface area contributed by atoms with Crippen molar-refractivity contribution in [1.82, 2.24) is 20.0 Å². The van der Waals surface area contributed by atoms with Gasteiger partial charge in [-0.1, -0.05) is 29.3 Å². The lowest BCUT2D eigenvalue weighted by atomic mass is 10.1. The zero-order valence-corrected chi connectivity index (χ0v) is 34.1. The van der Waals surface area contributed by atoms with Crippen molar-refractivity contribution in [1.29, 1.82) is 0 Å². The van der Waals surface area contributed by atoms with Crippen LogP contribution in [0.15, 0.2) is 36.4 Å². The third-order valence-electron chi connectivity index (χ3n) is 9.28. The van der Waals surface area contributed by atoms with E-state index in [4.69, 9.17) is 32.7 Å². The van der Waals surface area contributed by atoms with Crippen LogP contribution in [0.2, 0.25) is 10.0 Å². The van der Waals surface area contributed by atoms with Crippen molar-refractivity contribution < 1.29 is 23.9 Å². The van der Waals surface area contributed by atoms with E-state index >= 15 is 0 Å². The molecule has 0 atom stereocenters. The first kappa shape index (κ1) is 42.5. The fourth-order valence-electron chi connectivity index (χ4n) is 6.45. The van der Waals surface area contributed by atoms with Gasteiger partial charge in [0.2, 0.25) is 0 Å². The summed E-state index contributed by atoms with van der Waals surface area (Å²) in [4.78, 5) is 44.8.